The van der Waals surface area contributed by atoms with Gasteiger partial charge in [0.05, 0.1) is 0 Å². The summed E-state index contributed by atoms with van der Waals surface area (Å²) in [7, 11) is 0. The van der Waals surface area contributed by atoms with Crippen LogP contribution in [0.5, 0.6) is 11.5 Å². The fraction of sp³-hybridized carbons (Fsp3) is 0.333. The van der Waals surface area contributed by atoms with Crippen molar-refractivity contribution in [1.29, 1.82) is 0 Å². The van der Waals surface area contributed by atoms with Crippen LogP contribution in [-0.2, 0) is 6.54 Å². The number of ether oxygens (including phenoxy) is 1. The van der Waals surface area contributed by atoms with Gasteiger partial charge in [0.25, 0.3) is 0 Å². The van der Waals surface area contributed by atoms with Crippen LogP contribution in [0.15, 0.2) is 54.6 Å². The third-order valence-corrected chi connectivity index (χ3v) is 3.92. The molecule has 1 saturated heterocycles. The standard InChI is InChI=1S/C18H22N2O.ClH/c19-16-9-11-20(12-10-16)14-15-5-4-8-18(13-15)21-17-6-2-1-3-7-17;/h1-8,13,16H,9-12,14,19H2;1H. The van der Waals surface area contributed by atoms with Gasteiger partial charge in [-0.3, -0.25) is 4.90 Å². The molecule has 3 rings (SSSR count). The molecule has 0 atom stereocenters. The SMILES string of the molecule is Cl.NC1CCN(Cc2cccc(Oc3ccccc3)c2)CC1. The smallest absolute Gasteiger partial charge is 0.127 e. The number of nitrogens with two attached hydrogens (primary N) is 1. The van der Waals surface area contributed by atoms with Crippen molar-refractivity contribution in [2.75, 3.05) is 13.1 Å². The summed E-state index contributed by atoms with van der Waals surface area (Å²) >= 11 is 0. The summed E-state index contributed by atoms with van der Waals surface area (Å²) in [5, 5.41) is 0. The zero-order chi connectivity index (χ0) is 14.5. The van der Waals surface area contributed by atoms with Crippen molar-refractivity contribution in [2.45, 2.75) is 25.4 Å². The van der Waals surface area contributed by atoms with Crippen molar-refractivity contribution in [3.63, 3.8) is 0 Å². The van der Waals surface area contributed by atoms with E-state index in [-0.39, 0.29) is 12.4 Å². The first kappa shape index (κ1) is 16.8. The molecule has 2 N–H and O–H groups in total. The number of nitrogens with zero attached hydrogens (tertiary/aromatic N) is 1. The molecule has 0 bridgehead atoms. The minimum atomic E-state index is 0. The topological polar surface area (TPSA) is 38.5 Å². The van der Waals surface area contributed by atoms with Gasteiger partial charge in [0.15, 0.2) is 0 Å². The summed E-state index contributed by atoms with van der Waals surface area (Å²) in [6.45, 7) is 3.15. The average Bonchev–Trinajstić information content (AvgIpc) is 2.51. The van der Waals surface area contributed by atoms with Crippen molar-refractivity contribution in [1.82, 2.24) is 4.90 Å². The lowest BCUT2D eigenvalue weighted by Crippen LogP contribution is -2.39. The molecule has 0 unspecified atom stereocenters. The Hall–Kier alpha value is -1.55. The predicted molar refractivity (Wildman–Crippen MR) is 92.7 cm³/mol. The molecule has 0 amide bonds. The molecule has 1 aliphatic heterocycles. The first-order valence-corrected chi connectivity index (χ1v) is 7.59. The molecule has 2 aromatic rings. The highest BCUT2D eigenvalue weighted by Gasteiger charge is 2.16. The molecule has 1 fully saturated rings. The largest absolute Gasteiger partial charge is 0.457 e. The van der Waals surface area contributed by atoms with E-state index in [9.17, 15) is 0 Å². The zero-order valence-corrected chi connectivity index (χ0v) is 13.5. The van der Waals surface area contributed by atoms with Gasteiger partial charge in [-0.05, 0) is 55.8 Å². The molecular formula is C18H23ClN2O. The maximum absolute atomic E-state index is 5.95. The van der Waals surface area contributed by atoms with Crippen LogP contribution in [0.1, 0.15) is 18.4 Å². The summed E-state index contributed by atoms with van der Waals surface area (Å²) in [5.41, 5.74) is 7.24. The summed E-state index contributed by atoms with van der Waals surface area (Å²) in [5.74, 6) is 1.77. The van der Waals surface area contributed by atoms with Crippen LogP contribution >= 0.6 is 12.4 Å². The van der Waals surface area contributed by atoms with Gasteiger partial charge in [-0.1, -0.05) is 30.3 Å². The predicted octanol–water partition coefficient (Wildman–Crippen LogP) is 3.82. The second kappa shape index (κ2) is 8.18. The second-order valence-corrected chi connectivity index (χ2v) is 5.68. The Bertz CT molecular complexity index is 568. The van der Waals surface area contributed by atoms with E-state index in [1.165, 1.54) is 5.56 Å². The fourth-order valence-electron chi connectivity index (χ4n) is 2.70. The van der Waals surface area contributed by atoms with Crippen molar-refractivity contribution < 1.29 is 4.74 Å². The monoisotopic (exact) mass is 318 g/mol. The highest BCUT2D eigenvalue weighted by Crippen LogP contribution is 2.23. The van der Waals surface area contributed by atoms with Crippen LogP contribution in [0.4, 0.5) is 0 Å². The van der Waals surface area contributed by atoms with E-state index in [4.69, 9.17) is 10.5 Å². The summed E-state index contributed by atoms with van der Waals surface area (Å²) in [4.78, 5) is 2.46. The maximum Gasteiger partial charge on any atom is 0.127 e. The van der Waals surface area contributed by atoms with Gasteiger partial charge < -0.3 is 10.5 Å². The Morgan fingerprint density at radius 1 is 0.955 bits per heavy atom. The molecule has 2 aromatic carbocycles. The van der Waals surface area contributed by atoms with E-state index >= 15 is 0 Å². The third-order valence-electron chi connectivity index (χ3n) is 3.92. The van der Waals surface area contributed by atoms with Gasteiger partial charge in [-0.15, -0.1) is 12.4 Å². The molecule has 0 aromatic heterocycles. The van der Waals surface area contributed by atoms with Crippen LogP contribution in [0.2, 0.25) is 0 Å². The maximum atomic E-state index is 5.95. The number of para-hydroxylation sites is 1. The van der Waals surface area contributed by atoms with Crippen LogP contribution in [0.3, 0.4) is 0 Å². The minimum Gasteiger partial charge on any atom is -0.457 e. The molecular weight excluding hydrogens is 296 g/mol. The van der Waals surface area contributed by atoms with Gasteiger partial charge >= 0.3 is 0 Å². The molecule has 3 nitrogen and oxygen atoms in total. The second-order valence-electron chi connectivity index (χ2n) is 5.68. The normalized spacial score (nSPS) is 16.0. The summed E-state index contributed by atoms with van der Waals surface area (Å²) in [6.07, 6.45) is 2.19. The van der Waals surface area contributed by atoms with Gasteiger partial charge in [-0.2, -0.15) is 0 Å². The Balaban J connectivity index is 0.00000176. The van der Waals surface area contributed by atoms with E-state index in [1.807, 2.05) is 36.4 Å². The highest BCUT2D eigenvalue weighted by molar-refractivity contribution is 5.85. The van der Waals surface area contributed by atoms with E-state index in [0.29, 0.717) is 6.04 Å². The first-order chi connectivity index (χ1) is 10.3. The van der Waals surface area contributed by atoms with Crippen molar-refractivity contribution in [2.24, 2.45) is 5.73 Å². The number of likely N-dealkylation sites (tertiary alicyclic amines) is 1. The van der Waals surface area contributed by atoms with Crippen molar-refractivity contribution in [3.05, 3.63) is 60.2 Å². The summed E-state index contributed by atoms with van der Waals surface area (Å²) in [6, 6.07) is 18.6. The lowest BCUT2D eigenvalue weighted by Gasteiger charge is -2.30. The molecule has 0 radical (unpaired) electrons. The fourth-order valence-corrected chi connectivity index (χ4v) is 2.70. The van der Waals surface area contributed by atoms with Crippen molar-refractivity contribution in [3.8, 4) is 11.5 Å². The molecule has 0 aliphatic carbocycles. The van der Waals surface area contributed by atoms with Gasteiger partial charge in [0, 0.05) is 12.6 Å². The zero-order valence-electron chi connectivity index (χ0n) is 12.7. The van der Waals surface area contributed by atoms with Crippen LogP contribution in [0, 0.1) is 0 Å². The van der Waals surface area contributed by atoms with Crippen molar-refractivity contribution >= 4 is 12.4 Å². The highest BCUT2D eigenvalue weighted by atomic mass is 35.5. The number of hydrogen-bond donors (Lipinski definition) is 1. The Kier molecular flexibility index (Phi) is 6.25. The van der Waals surface area contributed by atoms with Crippen LogP contribution in [-0.4, -0.2) is 24.0 Å². The third kappa shape index (κ3) is 4.73. The molecule has 22 heavy (non-hydrogen) atoms. The summed E-state index contributed by atoms with van der Waals surface area (Å²) < 4.78 is 5.89. The van der Waals surface area contributed by atoms with Crippen LogP contribution in [0.25, 0.3) is 0 Å². The number of benzene rings is 2. The van der Waals surface area contributed by atoms with Gasteiger partial charge in [-0.25, -0.2) is 0 Å². The molecule has 4 heteroatoms. The average molecular weight is 319 g/mol. The lowest BCUT2D eigenvalue weighted by atomic mass is 10.1. The molecule has 0 saturated carbocycles. The molecule has 118 valence electrons. The first-order valence-electron chi connectivity index (χ1n) is 7.59. The number of piperidine rings is 1. The lowest BCUT2D eigenvalue weighted by molar-refractivity contribution is 0.205. The van der Waals surface area contributed by atoms with E-state index in [1.54, 1.807) is 0 Å². The van der Waals surface area contributed by atoms with Crippen LogP contribution < -0.4 is 10.5 Å². The molecule has 1 heterocycles. The van der Waals surface area contributed by atoms with E-state index in [0.717, 1.165) is 44.0 Å². The Morgan fingerprint density at radius 2 is 1.64 bits per heavy atom. The van der Waals surface area contributed by atoms with E-state index < -0.39 is 0 Å². The number of hydrogen-bond acceptors (Lipinski definition) is 3. The number of halogens is 1. The number of rotatable bonds is 4. The van der Waals surface area contributed by atoms with E-state index in [2.05, 4.69) is 23.1 Å². The quantitative estimate of drug-likeness (QED) is 0.931. The van der Waals surface area contributed by atoms with Gasteiger partial charge in [0.2, 0.25) is 0 Å². The van der Waals surface area contributed by atoms with Gasteiger partial charge in [0.1, 0.15) is 11.5 Å². The minimum absolute atomic E-state index is 0. The Morgan fingerprint density at radius 3 is 2.36 bits per heavy atom. The molecule has 1 aliphatic rings. The Labute approximate surface area is 138 Å². The molecule has 0 spiro atoms.